The minimum atomic E-state index is 0.528. The molecule has 26 heavy (non-hydrogen) atoms. The summed E-state index contributed by atoms with van der Waals surface area (Å²) in [5, 5.41) is 18.7. The smallest absolute Gasteiger partial charge is 0.191 e. The molecule has 1 fully saturated rings. The van der Waals surface area contributed by atoms with Crippen LogP contribution in [-0.4, -0.2) is 27.1 Å². The van der Waals surface area contributed by atoms with Crippen LogP contribution in [0.1, 0.15) is 49.4 Å². The molecular formula is C20H24N4OS. The molecule has 1 aromatic carbocycles. The Balaban J connectivity index is 1.56. The van der Waals surface area contributed by atoms with E-state index in [1.54, 1.807) is 23.9 Å². The molecule has 1 aromatic heterocycles. The van der Waals surface area contributed by atoms with E-state index in [1.165, 1.54) is 32.1 Å². The Hall–Kier alpha value is -2.26. The second-order valence-corrected chi connectivity index (χ2v) is 7.47. The fourth-order valence-electron chi connectivity index (χ4n) is 3.29. The lowest BCUT2D eigenvalue weighted by atomic mass is 9.89. The molecule has 0 aliphatic heterocycles. The number of nitrogens with zero attached hydrogens (tertiary/aromatic N) is 4. The zero-order chi connectivity index (χ0) is 18.2. The predicted octanol–water partition coefficient (Wildman–Crippen LogP) is 4.55. The van der Waals surface area contributed by atoms with E-state index in [0.29, 0.717) is 18.1 Å². The molecule has 0 radical (unpaired) electrons. The van der Waals surface area contributed by atoms with Gasteiger partial charge in [0.15, 0.2) is 5.16 Å². The van der Waals surface area contributed by atoms with Crippen molar-refractivity contribution in [2.75, 3.05) is 12.4 Å². The molecule has 1 saturated carbocycles. The third-order valence-electron chi connectivity index (χ3n) is 4.59. The standard InChI is InChI=1S/C20H24N4OS/c1-2-12-24-19(17-6-4-3-5-7-17)22-23-20(24)26-14-13-25-18-10-8-16(15-21)9-11-18/h2,8-11,17H,1,3-7,12-14H2. The highest BCUT2D eigenvalue weighted by atomic mass is 32.2. The zero-order valence-corrected chi connectivity index (χ0v) is 15.7. The predicted molar refractivity (Wildman–Crippen MR) is 103 cm³/mol. The summed E-state index contributed by atoms with van der Waals surface area (Å²) in [7, 11) is 0. The van der Waals surface area contributed by atoms with Gasteiger partial charge in [0.1, 0.15) is 11.6 Å². The van der Waals surface area contributed by atoms with Crippen molar-refractivity contribution in [3.63, 3.8) is 0 Å². The number of aromatic nitrogens is 3. The Morgan fingerprint density at radius 2 is 2.00 bits per heavy atom. The molecule has 1 aliphatic rings. The molecule has 1 aliphatic carbocycles. The van der Waals surface area contributed by atoms with Crippen molar-refractivity contribution in [1.29, 1.82) is 5.26 Å². The van der Waals surface area contributed by atoms with E-state index in [2.05, 4.69) is 27.4 Å². The second kappa shape index (κ2) is 9.44. The highest BCUT2D eigenvalue weighted by molar-refractivity contribution is 7.99. The lowest BCUT2D eigenvalue weighted by Gasteiger charge is -2.21. The number of hydrogen-bond acceptors (Lipinski definition) is 5. The van der Waals surface area contributed by atoms with Gasteiger partial charge in [-0.3, -0.25) is 0 Å². The molecule has 0 spiro atoms. The highest BCUT2D eigenvalue weighted by Crippen LogP contribution is 2.33. The van der Waals surface area contributed by atoms with E-state index in [4.69, 9.17) is 10.00 Å². The molecule has 0 saturated heterocycles. The Labute approximate surface area is 159 Å². The van der Waals surface area contributed by atoms with Crippen LogP contribution in [-0.2, 0) is 6.54 Å². The maximum absolute atomic E-state index is 8.82. The number of hydrogen-bond donors (Lipinski definition) is 0. The van der Waals surface area contributed by atoms with Crippen molar-refractivity contribution >= 4 is 11.8 Å². The van der Waals surface area contributed by atoms with E-state index < -0.39 is 0 Å². The first-order valence-electron chi connectivity index (χ1n) is 9.11. The minimum absolute atomic E-state index is 0.528. The Morgan fingerprint density at radius 1 is 1.23 bits per heavy atom. The molecule has 0 unspecified atom stereocenters. The highest BCUT2D eigenvalue weighted by Gasteiger charge is 2.22. The molecular weight excluding hydrogens is 344 g/mol. The molecule has 5 nitrogen and oxygen atoms in total. The summed E-state index contributed by atoms with van der Waals surface area (Å²) in [6, 6.07) is 9.28. The summed E-state index contributed by atoms with van der Waals surface area (Å²) in [6.45, 7) is 5.21. The molecule has 0 bridgehead atoms. The fraction of sp³-hybridized carbons (Fsp3) is 0.450. The average Bonchev–Trinajstić information content (AvgIpc) is 3.09. The lowest BCUT2D eigenvalue weighted by molar-refractivity contribution is 0.344. The van der Waals surface area contributed by atoms with Gasteiger partial charge in [0.25, 0.3) is 0 Å². The maximum atomic E-state index is 8.82. The number of allylic oxidation sites excluding steroid dienone is 1. The van der Waals surface area contributed by atoms with Crippen LogP contribution in [0.2, 0.25) is 0 Å². The second-order valence-electron chi connectivity index (χ2n) is 6.41. The third kappa shape index (κ3) is 4.67. The van der Waals surface area contributed by atoms with E-state index in [-0.39, 0.29) is 0 Å². The summed E-state index contributed by atoms with van der Waals surface area (Å²) < 4.78 is 7.95. The first kappa shape index (κ1) is 18.5. The molecule has 0 atom stereocenters. The van der Waals surface area contributed by atoms with E-state index in [0.717, 1.165) is 29.0 Å². The molecule has 1 heterocycles. The van der Waals surface area contributed by atoms with Crippen LogP contribution in [0.4, 0.5) is 0 Å². The van der Waals surface area contributed by atoms with Crippen LogP contribution in [0.25, 0.3) is 0 Å². The third-order valence-corrected chi connectivity index (χ3v) is 5.53. The summed E-state index contributed by atoms with van der Waals surface area (Å²) in [6.07, 6.45) is 8.23. The maximum Gasteiger partial charge on any atom is 0.191 e. The number of ether oxygens (including phenoxy) is 1. The van der Waals surface area contributed by atoms with Crippen LogP contribution in [0.15, 0.2) is 42.1 Å². The molecule has 0 amide bonds. The number of rotatable bonds is 8. The Morgan fingerprint density at radius 3 is 2.69 bits per heavy atom. The van der Waals surface area contributed by atoms with Crippen LogP contribution >= 0.6 is 11.8 Å². The Bertz CT molecular complexity index is 757. The van der Waals surface area contributed by atoms with Crippen LogP contribution in [0, 0.1) is 11.3 Å². The van der Waals surface area contributed by atoms with Gasteiger partial charge in [-0.25, -0.2) is 0 Å². The summed E-state index contributed by atoms with van der Waals surface area (Å²) in [4.78, 5) is 0. The lowest BCUT2D eigenvalue weighted by Crippen LogP contribution is -2.12. The van der Waals surface area contributed by atoms with E-state index in [9.17, 15) is 0 Å². The van der Waals surface area contributed by atoms with Gasteiger partial charge in [-0.15, -0.1) is 16.8 Å². The average molecular weight is 369 g/mol. The molecule has 0 N–H and O–H groups in total. The van der Waals surface area contributed by atoms with Crippen molar-refractivity contribution in [2.45, 2.75) is 49.7 Å². The first-order chi connectivity index (χ1) is 12.8. The van der Waals surface area contributed by atoms with Gasteiger partial charge in [0.2, 0.25) is 0 Å². The van der Waals surface area contributed by atoms with Crippen molar-refractivity contribution < 1.29 is 4.74 Å². The van der Waals surface area contributed by atoms with Crippen molar-refractivity contribution in [3.8, 4) is 11.8 Å². The summed E-state index contributed by atoms with van der Waals surface area (Å²) in [5.74, 6) is 3.21. The molecule has 3 rings (SSSR count). The van der Waals surface area contributed by atoms with Crippen LogP contribution in [0.5, 0.6) is 5.75 Å². The number of benzene rings is 1. The van der Waals surface area contributed by atoms with Gasteiger partial charge in [-0.2, -0.15) is 5.26 Å². The van der Waals surface area contributed by atoms with Gasteiger partial charge < -0.3 is 9.30 Å². The van der Waals surface area contributed by atoms with Gasteiger partial charge in [-0.1, -0.05) is 37.1 Å². The molecule has 2 aromatic rings. The van der Waals surface area contributed by atoms with Gasteiger partial charge in [0, 0.05) is 18.2 Å². The van der Waals surface area contributed by atoms with Gasteiger partial charge in [0.05, 0.1) is 18.2 Å². The van der Waals surface area contributed by atoms with Crippen LogP contribution in [0.3, 0.4) is 0 Å². The fourth-order valence-corrected chi connectivity index (χ4v) is 4.06. The largest absolute Gasteiger partial charge is 0.493 e. The first-order valence-corrected chi connectivity index (χ1v) is 10.1. The van der Waals surface area contributed by atoms with E-state index >= 15 is 0 Å². The molecule has 6 heteroatoms. The van der Waals surface area contributed by atoms with E-state index in [1.807, 2.05) is 18.2 Å². The normalized spacial score (nSPS) is 14.7. The van der Waals surface area contributed by atoms with Crippen molar-refractivity contribution in [3.05, 3.63) is 48.3 Å². The van der Waals surface area contributed by atoms with Crippen molar-refractivity contribution in [2.24, 2.45) is 0 Å². The van der Waals surface area contributed by atoms with Gasteiger partial charge >= 0.3 is 0 Å². The minimum Gasteiger partial charge on any atom is -0.493 e. The summed E-state index contributed by atoms with van der Waals surface area (Å²) in [5.41, 5.74) is 0.638. The topological polar surface area (TPSA) is 63.7 Å². The Kier molecular flexibility index (Phi) is 6.73. The monoisotopic (exact) mass is 368 g/mol. The summed E-state index contributed by atoms with van der Waals surface area (Å²) >= 11 is 1.66. The number of nitriles is 1. The van der Waals surface area contributed by atoms with Crippen molar-refractivity contribution in [1.82, 2.24) is 14.8 Å². The SMILES string of the molecule is C=CCn1c(SCCOc2ccc(C#N)cc2)nnc1C1CCCCC1. The molecule has 136 valence electrons. The van der Waals surface area contributed by atoms with Crippen LogP contribution < -0.4 is 4.74 Å². The zero-order valence-electron chi connectivity index (χ0n) is 14.9. The quantitative estimate of drug-likeness (QED) is 0.388. The van der Waals surface area contributed by atoms with Gasteiger partial charge in [-0.05, 0) is 37.1 Å². The number of thioether (sulfide) groups is 1.